The van der Waals surface area contributed by atoms with Gasteiger partial charge in [-0.05, 0) is 19.3 Å². The molecule has 0 amide bonds. The average Bonchev–Trinajstić information content (AvgIpc) is 2.57. The van der Waals surface area contributed by atoms with Gasteiger partial charge < -0.3 is 31.2 Å². The van der Waals surface area contributed by atoms with Crippen LogP contribution in [0.4, 0.5) is 0 Å². The fourth-order valence-corrected chi connectivity index (χ4v) is 2.62. The van der Waals surface area contributed by atoms with Crippen LogP contribution in [0, 0.1) is 0 Å². The van der Waals surface area contributed by atoms with Gasteiger partial charge >= 0.3 is 0 Å². The molecule has 0 radical (unpaired) electrons. The van der Waals surface area contributed by atoms with E-state index in [1.807, 2.05) is 0 Å². The molecule has 0 aromatic heterocycles. The molecular weight excluding hydrogens is 224 g/mol. The molecule has 1 aliphatic carbocycles. The summed E-state index contributed by atoms with van der Waals surface area (Å²) in [6, 6.07) is 0.146. The molecule has 0 bridgehead atoms. The summed E-state index contributed by atoms with van der Waals surface area (Å²) < 4.78 is 11.1. The van der Waals surface area contributed by atoms with Crippen molar-refractivity contribution in [3.05, 3.63) is 0 Å². The topological polar surface area (TPSA) is 111 Å². The first-order chi connectivity index (χ1) is 8.08. The molecule has 6 heteroatoms. The molecule has 1 saturated heterocycles. The molecule has 0 spiro atoms. The molecule has 6 nitrogen and oxygen atoms in total. The zero-order chi connectivity index (χ0) is 12.4. The predicted molar refractivity (Wildman–Crippen MR) is 61.0 cm³/mol. The molecule has 2 fully saturated rings. The first-order valence-corrected chi connectivity index (χ1v) is 6.19. The first kappa shape index (κ1) is 13.2. The summed E-state index contributed by atoms with van der Waals surface area (Å²) >= 11 is 0. The fourth-order valence-electron chi connectivity index (χ4n) is 2.62. The lowest BCUT2D eigenvalue weighted by Gasteiger charge is -2.32. The highest BCUT2D eigenvalue weighted by molar-refractivity contribution is 4.85. The minimum atomic E-state index is -0.657. The van der Waals surface area contributed by atoms with Gasteiger partial charge in [0.1, 0.15) is 6.10 Å². The van der Waals surface area contributed by atoms with Crippen LogP contribution in [0.2, 0.25) is 0 Å². The molecule has 2 aliphatic rings. The zero-order valence-corrected chi connectivity index (χ0v) is 9.87. The fraction of sp³-hybridized carbons (Fsp3) is 1.00. The summed E-state index contributed by atoms with van der Waals surface area (Å²) in [5.74, 6) is 0. The van der Waals surface area contributed by atoms with Crippen molar-refractivity contribution < 1.29 is 19.7 Å². The Kier molecular flexibility index (Phi) is 4.35. The Morgan fingerprint density at radius 1 is 1.12 bits per heavy atom. The molecule has 1 heterocycles. The smallest absolute Gasteiger partial charge is 0.161 e. The Morgan fingerprint density at radius 2 is 1.76 bits per heavy atom. The second-order valence-corrected chi connectivity index (χ2v) is 5.08. The van der Waals surface area contributed by atoms with Crippen molar-refractivity contribution in [2.45, 2.75) is 62.4 Å². The van der Waals surface area contributed by atoms with Gasteiger partial charge in [0, 0.05) is 18.5 Å². The minimum absolute atomic E-state index is 0.0107. The summed E-state index contributed by atoms with van der Waals surface area (Å²) in [6.45, 7) is -0.190. The molecule has 0 aromatic carbocycles. The summed E-state index contributed by atoms with van der Waals surface area (Å²) in [5.41, 5.74) is 11.8. The van der Waals surface area contributed by atoms with Crippen LogP contribution in [0.25, 0.3) is 0 Å². The van der Waals surface area contributed by atoms with Gasteiger partial charge in [-0.3, -0.25) is 0 Å². The van der Waals surface area contributed by atoms with Gasteiger partial charge in [-0.1, -0.05) is 0 Å². The highest BCUT2D eigenvalue weighted by atomic mass is 16.7. The van der Waals surface area contributed by atoms with E-state index in [4.69, 9.17) is 26.0 Å². The maximum atomic E-state index is 9.58. The summed E-state index contributed by atoms with van der Waals surface area (Å²) in [4.78, 5) is 0. The van der Waals surface area contributed by atoms with Gasteiger partial charge in [0.25, 0.3) is 0 Å². The van der Waals surface area contributed by atoms with Crippen LogP contribution in [-0.4, -0.2) is 53.5 Å². The van der Waals surface area contributed by atoms with Crippen molar-refractivity contribution in [1.29, 1.82) is 0 Å². The Hall–Kier alpha value is -0.240. The molecule has 6 N–H and O–H groups in total. The Morgan fingerprint density at radius 3 is 2.29 bits per heavy atom. The van der Waals surface area contributed by atoms with E-state index >= 15 is 0 Å². The van der Waals surface area contributed by atoms with Crippen molar-refractivity contribution in [2.24, 2.45) is 11.5 Å². The number of hydrogen-bond acceptors (Lipinski definition) is 6. The van der Waals surface area contributed by atoms with Crippen molar-refractivity contribution in [3.63, 3.8) is 0 Å². The van der Waals surface area contributed by atoms with Gasteiger partial charge in [-0.15, -0.1) is 0 Å². The average molecular weight is 246 g/mol. The van der Waals surface area contributed by atoms with E-state index in [2.05, 4.69) is 0 Å². The van der Waals surface area contributed by atoms with E-state index in [1.165, 1.54) is 0 Å². The summed E-state index contributed by atoms with van der Waals surface area (Å²) in [5, 5.41) is 18.5. The lowest BCUT2D eigenvalue weighted by atomic mass is 9.90. The van der Waals surface area contributed by atoms with Crippen LogP contribution in [0.15, 0.2) is 0 Å². The Labute approximate surface area is 101 Å². The summed E-state index contributed by atoms with van der Waals surface area (Å²) in [7, 11) is 0. The zero-order valence-electron chi connectivity index (χ0n) is 9.87. The second kappa shape index (κ2) is 5.60. The number of nitrogens with two attached hydrogens (primary N) is 2. The van der Waals surface area contributed by atoms with E-state index in [0.29, 0.717) is 6.42 Å². The van der Waals surface area contributed by atoms with Gasteiger partial charge in [-0.25, -0.2) is 0 Å². The quantitative estimate of drug-likeness (QED) is 0.491. The third kappa shape index (κ3) is 3.37. The summed E-state index contributed by atoms with van der Waals surface area (Å²) in [6.07, 6.45) is 1.11. The van der Waals surface area contributed by atoms with Crippen molar-refractivity contribution >= 4 is 0 Å². The first-order valence-electron chi connectivity index (χ1n) is 6.19. The van der Waals surface area contributed by atoms with Crippen LogP contribution >= 0.6 is 0 Å². The number of hydrogen-bond donors (Lipinski definition) is 4. The number of rotatable bonds is 3. The van der Waals surface area contributed by atoms with Gasteiger partial charge in [0.15, 0.2) is 6.29 Å². The van der Waals surface area contributed by atoms with Crippen LogP contribution in [-0.2, 0) is 9.47 Å². The van der Waals surface area contributed by atoms with Crippen molar-refractivity contribution in [1.82, 2.24) is 0 Å². The Balaban J connectivity index is 1.81. The maximum absolute atomic E-state index is 9.58. The molecular formula is C11H22N2O4. The molecule has 17 heavy (non-hydrogen) atoms. The molecule has 100 valence electrons. The second-order valence-electron chi connectivity index (χ2n) is 5.08. The number of aliphatic hydroxyl groups is 2. The van der Waals surface area contributed by atoms with Crippen LogP contribution in [0.3, 0.4) is 0 Å². The van der Waals surface area contributed by atoms with Crippen LogP contribution < -0.4 is 11.5 Å². The molecule has 0 aromatic rings. The lowest BCUT2D eigenvalue weighted by Crippen LogP contribution is -2.44. The van der Waals surface area contributed by atoms with Crippen LogP contribution in [0.1, 0.15) is 25.7 Å². The SMILES string of the molecule is NC1CC(N)CC(OC2C[C@H](O)C(CO)O2)C1. The van der Waals surface area contributed by atoms with Crippen molar-refractivity contribution in [3.8, 4) is 0 Å². The highest BCUT2D eigenvalue weighted by Gasteiger charge is 2.36. The lowest BCUT2D eigenvalue weighted by molar-refractivity contribution is -0.175. The largest absolute Gasteiger partial charge is 0.394 e. The normalized spacial score (nSPS) is 47.3. The van der Waals surface area contributed by atoms with Gasteiger partial charge in [-0.2, -0.15) is 0 Å². The minimum Gasteiger partial charge on any atom is -0.394 e. The van der Waals surface area contributed by atoms with Crippen molar-refractivity contribution in [2.75, 3.05) is 6.61 Å². The number of aliphatic hydroxyl groups excluding tert-OH is 2. The molecule has 5 atom stereocenters. The molecule has 2 rings (SSSR count). The predicted octanol–water partition coefficient (Wildman–Crippen LogP) is -1.32. The maximum Gasteiger partial charge on any atom is 0.161 e. The van der Waals surface area contributed by atoms with Crippen LogP contribution in [0.5, 0.6) is 0 Å². The van der Waals surface area contributed by atoms with Gasteiger partial charge in [0.05, 0.1) is 18.8 Å². The van der Waals surface area contributed by atoms with E-state index in [0.717, 1.165) is 19.3 Å². The van der Waals surface area contributed by atoms with E-state index in [9.17, 15) is 5.11 Å². The third-order valence-corrected chi connectivity index (χ3v) is 3.45. The highest BCUT2D eigenvalue weighted by Crippen LogP contribution is 2.26. The van der Waals surface area contributed by atoms with E-state index in [1.54, 1.807) is 0 Å². The molecule has 4 unspecified atom stereocenters. The van der Waals surface area contributed by atoms with E-state index < -0.39 is 18.5 Å². The number of ether oxygens (including phenoxy) is 2. The standard InChI is InChI=1S/C11H22N2O4/c12-6-1-7(13)3-8(2-6)16-11-4-9(15)10(5-14)17-11/h6-11,14-15H,1-5,12-13H2/t6?,7?,8?,9-,10?,11?/m0/s1. The molecule has 1 aliphatic heterocycles. The molecule has 1 saturated carbocycles. The Bertz CT molecular complexity index is 244. The third-order valence-electron chi connectivity index (χ3n) is 3.45. The van der Waals surface area contributed by atoms with Gasteiger partial charge in [0.2, 0.25) is 0 Å². The van der Waals surface area contributed by atoms with E-state index in [-0.39, 0.29) is 24.8 Å². The monoisotopic (exact) mass is 246 g/mol.